The number of carbonyl (C=O) groups excluding carboxylic acids is 1. The zero-order valence-corrected chi connectivity index (χ0v) is 18.5. The summed E-state index contributed by atoms with van der Waals surface area (Å²) < 4.78 is 0. The summed E-state index contributed by atoms with van der Waals surface area (Å²) in [4.78, 5) is 18.9. The summed E-state index contributed by atoms with van der Waals surface area (Å²) in [5, 5.41) is 0. The van der Waals surface area contributed by atoms with Crippen molar-refractivity contribution in [1.29, 1.82) is 0 Å². The van der Waals surface area contributed by atoms with Crippen LogP contribution in [0.1, 0.15) is 38.2 Å². The molecule has 1 aliphatic carbocycles. The lowest BCUT2D eigenvalue weighted by molar-refractivity contribution is 0.0288. The molecule has 5 rings (SSSR count). The maximum atomic E-state index is 13.9. The van der Waals surface area contributed by atoms with Crippen LogP contribution < -0.4 is 0 Å². The second-order valence-electron chi connectivity index (χ2n) is 9.15. The van der Waals surface area contributed by atoms with Crippen LogP contribution in [-0.4, -0.2) is 41.8 Å². The predicted octanol–water partition coefficient (Wildman–Crippen LogP) is 4.76. The van der Waals surface area contributed by atoms with Crippen molar-refractivity contribution in [2.75, 3.05) is 26.2 Å². The largest absolute Gasteiger partial charge is 0.297 e. The Labute approximate surface area is 185 Å². The van der Waals surface area contributed by atoms with Gasteiger partial charge in [-0.2, -0.15) is 0 Å². The molecule has 0 aromatic heterocycles. The third-order valence-corrected chi connectivity index (χ3v) is 6.98. The van der Waals surface area contributed by atoms with Gasteiger partial charge in [0.25, 0.3) is 0 Å². The van der Waals surface area contributed by atoms with Gasteiger partial charge in [0.2, 0.25) is 0 Å². The van der Waals surface area contributed by atoms with Crippen LogP contribution in [0, 0.1) is 13.8 Å². The smallest absolute Gasteiger partial charge is 0.188 e. The Morgan fingerprint density at radius 2 is 1.52 bits per heavy atom. The number of piperazine rings is 1. The molecule has 1 aliphatic heterocycles. The molecule has 0 saturated carbocycles. The first kappa shape index (κ1) is 20.2. The minimum absolute atomic E-state index is 0.265. The van der Waals surface area contributed by atoms with Crippen molar-refractivity contribution in [3.05, 3.63) is 106 Å². The van der Waals surface area contributed by atoms with Crippen molar-refractivity contribution in [2.24, 2.45) is 0 Å². The Bertz CT molecular complexity index is 1110. The van der Waals surface area contributed by atoms with Crippen LogP contribution in [0.15, 0.2) is 72.8 Å². The topological polar surface area (TPSA) is 23.6 Å². The van der Waals surface area contributed by atoms with E-state index in [0.29, 0.717) is 0 Å². The molecule has 1 saturated heterocycles. The Morgan fingerprint density at radius 1 is 0.806 bits per heavy atom. The molecule has 0 spiro atoms. The van der Waals surface area contributed by atoms with Crippen molar-refractivity contribution in [3.63, 3.8) is 0 Å². The van der Waals surface area contributed by atoms with Gasteiger partial charge in [-0.05, 0) is 30.5 Å². The SMILES string of the molecule is Cc1cccc(CN2CCN(C3(c4cccc(C)c4)Cc4ccccc4C3=O)CC2)c1. The number of nitrogens with zero attached hydrogens (tertiary/aromatic N) is 2. The van der Waals surface area contributed by atoms with E-state index in [0.717, 1.165) is 50.3 Å². The summed E-state index contributed by atoms with van der Waals surface area (Å²) in [5.41, 5.74) is 6.52. The van der Waals surface area contributed by atoms with E-state index in [1.165, 1.54) is 22.3 Å². The minimum Gasteiger partial charge on any atom is -0.297 e. The van der Waals surface area contributed by atoms with Gasteiger partial charge in [-0.3, -0.25) is 14.6 Å². The van der Waals surface area contributed by atoms with E-state index < -0.39 is 5.54 Å². The maximum Gasteiger partial charge on any atom is 0.188 e. The lowest BCUT2D eigenvalue weighted by atomic mass is 9.82. The number of carbonyl (C=O) groups is 1. The van der Waals surface area contributed by atoms with Crippen molar-refractivity contribution >= 4 is 5.78 Å². The fourth-order valence-corrected chi connectivity index (χ4v) is 5.40. The van der Waals surface area contributed by atoms with Crippen molar-refractivity contribution in [3.8, 4) is 0 Å². The number of hydrogen-bond donors (Lipinski definition) is 0. The first-order valence-electron chi connectivity index (χ1n) is 11.3. The molecule has 0 N–H and O–H groups in total. The molecule has 0 bridgehead atoms. The van der Waals surface area contributed by atoms with Gasteiger partial charge in [-0.1, -0.05) is 83.9 Å². The highest BCUT2D eigenvalue weighted by molar-refractivity contribution is 6.08. The lowest BCUT2D eigenvalue weighted by Gasteiger charge is -2.45. The fraction of sp³-hybridized carbons (Fsp3) is 0.321. The molecule has 3 nitrogen and oxygen atoms in total. The van der Waals surface area contributed by atoms with Crippen LogP contribution in [-0.2, 0) is 18.5 Å². The second-order valence-corrected chi connectivity index (χ2v) is 9.15. The van der Waals surface area contributed by atoms with Gasteiger partial charge >= 0.3 is 0 Å². The van der Waals surface area contributed by atoms with Gasteiger partial charge in [0.1, 0.15) is 5.54 Å². The third kappa shape index (κ3) is 3.62. The molecule has 1 heterocycles. The van der Waals surface area contributed by atoms with Gasteiger partial charge in [0, 0.05) is 44.7 Å². The summed E-state index contributed by atoms with van der Waals surface area (Å²) in [6.07, 6.45) is 0.767. The number of fused-ring (bicyclic) bond motifs is 1. The molecule has 1 unspecified atom stereocenters. The zero-order valence-electron chi connectivity index (χ0n) is 18.5. The van der Waals surface area contributed by atoms with Crippen molar-refractivity contribution in [2.45, 2.75) is 32.4 Å². The van der Waals surface area contributed by atoms with Gasteiger partial charge < -0.3 is 0 Å². The molecular weight excluding hydrogens is 380 g/mol. The molecule has 1 fully saturated rings. The monoisotopic (exact) mass is 410 g/mol. The molecule has 2 aliphatic rings. The summed E-state index contributed by atoms with van der Waals surface area (Å²) in [5.74, 6) is 0.265. The third-order valence-electron chi connectivity index (χ3n) is 6.98. The minimum atomic E-state index is -0.578. The van der Waals surface area contributed by atoms with Gasteiger partial charge in [-0.15, -0.1) is 0 Å². The number of rotatable bonds is 4. The van der Waals surface area contributed by atoms with E-state index in [9.17, 15) is 4.79 Å². The Balaban J connectivity index is 1.42. The van der Waals surface area contributed by atoms with Crippen LogP contribution in [0.25, 0.3) is 0 Å². The molecule has 3 aromatic carbocycles. The molecule has 158 valence electrons. The summed E-state index contributed by atoms with van der Waals surface area (Å²) in [6.45, 7) is 9.00. The van der Waals surface area contributed by atoms with Gasteiger partial charge in [0.15, 0.2) is 5.78 Å². The van der Waals surface area contributed by atoms with Crippen LogP contribution in [0.3, 0.4) is 0 Å². The van der Waals surface area contributed by atoms with E-state index in [1.807, 2.05) is 12.1 Å². The molecule has 1 atom stereocenters. The number of benzene rings is 3. The molecule has 0 radical (unpaired) electrons. The summed E-state index contributed by atoms with van der Waals surface area (Å²) in [6, 6.07) is 25.5. The zero-order chi connectivity index (χ0) is 21.4. The van der Waals surface area contributed by atoms with E-state index in [4.69, 9.17) is 0 Å². The van der Waals surface area contributed by atoms with Crippen LogP contribution in [0.5, 0.6) is 0 Å². The second kappa shape index (κ2) is 8.07. The van der Waals surface area contributed by atoms with Crippen LogP contribution in [0.2, 0.25) is 0 Å². The highest BCUT2D eigenvalue weighted by atomic mass is 16.1. The molecular formula is C28H30N2O. The molecule has 31 heavy (non-hydrogen) atoms. The summed E-state index contributed by atoms with van der Waals surface area (Å²) in [7, 11) is 0. The summed E-state index contributed by atoms with van der Waals surface area (Å²) >= 11 is 0. The number of aryl methyl sites for hydroxylation is 2. The van der Waals surface area contributed by atoms with Crippen LogP contribution in [0.4, 0.5) is 0 Å². The van der Waals surface area contributed by atoms with Gasteiger partial charge in [0.05, 0.1) is 0 Å². The normalized spacial score (nSPS) is 21.9. The lowest BCUT2D eigenvalue weighted by Crippen LogP contribution is -2.58. The molecule has 3 aromatic rings. The first-order valence-corrected chi connectivity index (χ1v) is 11.3. The van der Waals surface area contributed by atoms with Crippen LogP contribution >= 0.6 is 0 Å². The number of ketones is 1. The van der Waals surface area contributed by atoms with E-state index in [-0.39, 0.29) is 5.78 Å². The van der Waals surface area contributed by atoms with Crippen molar-refractivity contribution < 1.29 is 4.79 Å². The highest BCUT2D eigenvalue weighted by Crippen LogP contribution is 2.43. The van der Waals surface area contributed by atoms with Gasteiger partial charge in [-0.25, -0.2) is 0 Å². The Kier molecular flexibility index (Phi) is 5.25. The highest BCUT2D eigenvalue weighted by Gasteiger charge is 2.51. The molecule has 3 heteroatoms. The number of hydrogen-bond acceptors (Lipinski definition) is 3. The average molecular weight is 411 g/mol. The van der Waals surface area contributed by atoms with E-state index >= 15 is 0 Å². The molecule has 0 amide bonds. The standard InChI is InChI=1S/C28H30N2O/c1-21-7-5-9-23(17-21)20-29-13-15-30(16-14-29)28(25-11-6-8-22(2)18-25)19-24-10-3-4-12-26(24)27(28)31/h3-12,17-18H,13-16,19-20H2,1-2H3. The first-order chi connectivity index (χ1) is 15.1. The quantitative estimate of drug-likeness (QED) is 0.620. The van der Waals surface area contributed by atoms with Crippen molar-refractivity contribution in [1.82, 2.24) is 9.80 Å². The van der Waals surface area contributed by atoms with E-state index in [1.54, 1.807) is 0 Å². The van der Waals surface area contributed by atoms with E-state index in [2.05, 4.69) is 84.3 Å². The number of Topliss-reactive ketones (excluding diaryl/α,β-unsaturated/α-hetero) is 1. The maximum absolute atomic E-state index is 13.9. The average Bonchev–Trinajstić information content (AvgIpc) is 3.08. The fourth-order valence-electron chi connectivity index (χ4n) is 5.40. The Hall–Kier alpha value is -2.75. The predicted molar refractivity (Wildman–Crippen MR) is 125 cm³/mol. The Morgan fingerprint density at radius 3 is 2.23 bits per heavy atom.